The van der Waals surface area contributed by atoms with Gasteiger partial charge in [-0.15, -0.1) is 0 Å². The van der Waals surface area contributed by atoms with Crippen molar-refractivity contribution in [1.29, 1.82) is 0 Å². The summed E-state index contributed by atoms with van der Waals surface area (Å²) < 4.78 is 4.66. The summed E-state index contributed by atoms with van der Waals surface area (Å²) in [5.41, 5.74) is 0.314. The molecule has 2 atom stereocenters. The molecule has 1 fully saturated rings. The van der Waals surface area contributed by atoms with Crippen LogP contribution in [-0.4, -0.2) is 25.7 Å². The van der Waals surface area contributed by atoms with Crippen LogP contribution < -0.4 is 5.32 Å². The molecule has 16 heavy (non-hydrogen) atoms. The van der Waals surface area contributed by atoms with Crippen LogP contribution in [0.15, 0.2) is 0 Å². The number of carbonyl (C=O) groups excluding carboxylic acids is 1. The van der Waals surface area contributed by atoms with Gasteiger partial charge in [0.05, 0.1) is 13.7 Å². The van der Waals surface area contributed by atoms with E-state index >= 15 is 0 Å². The second-order valence-corrected chi connectivity index (χ2v) is 5.82. The SMILES string of the molecule is COC(=O)CNC1CCCCC1C(C)(C)C. The molecule has 94 valence electrons. The lowest BCUT2D eigenvalue weighted by Gasteiger charge is -2.40. The van der Waals surface area contributed by atoms with Crippen molar-refractivity contribution >= 4 is 5.97 Å². The first-order valence-corrected chi connectivity index (χ1v) is 6.25. The molecule has 1 rings (SSSR count). The summed E-state index contributed by atoms with van der Waals surface area (Å²) in [7, 11) is 1.44. The van der Waals surface area contributed by atoms with Gasteiger partial charge in [0.2, 0.25) is 0 Å². The van der Waals surface area contributed by atoms with E-state index in [1.54, 1.807) is 0 Å². The van der Waals surface area contributed by atoms with Crippen molar-refractivity contribution in [2.24, 2.45) is 11.3 Å². The molecule has 1 aliphatic carbocycles. The lowest BCUT2D eigenvalue weighted by atomic mass is 9.69. The largest absolute Gasteiger partial charge is 0.468 e. The molecule has 0 aromatic rings. The highest BCUT2D eigenvalue weighted by Gasteiger charge is 2.33. The van der Waals surface area contributed by atoms with Gasteiger partial charge < -0.3 is 10.1 Å². The third-order valence-electron chi connectivity index (χ3n) is 3.61. The number of nitrogens with one attached hydrogen (secondary N) is 1. The van der Waals surface area contributed by atoms with E-state index < -0.39 is 0 Å². The summed E-state index contributed by atoms with van der Waals surface area (Å²) in [5, 5.41) is 3.35. The maximum atomic E-state index is 11.1. The fraction of sp³-hybridized carbons (Fsp3) is 0.923. The fourth-order valence-electron chi connectivity index (χ4n) is 2.70. The molecule has 0 aromatic carbocycles. The maximum absolute atomic E-state index is 11.1. The molecule has 0 heterocycles. The smallest absolute Gasteiger partial charge is 0.319 e. The standard InChI is InChI=1S/C13H25NO2/c1-13(2,3)10-7-5-6-8-11(10)14-9-12(15)16-4/h10-11,14H,5-9H2,1-4H3. The lowest BCUT2D eigenvalue weighted by Crippen LogP contribution is -2.46. The zero-order valence-corrected chi connectivity index (χ0v) is 11.0. The van der Waals surface area contributed by atoms with Gasteiger partial charge in [0.1, 0.15) is 0 Å². The minimum Gasteiger partial charge on any atom is -0.468 e. The van der Waals surface area contributed by atoms with Crippen molar-refractivity contribution in [3.63, 3.8) is 0 Å². The Balaban J connectivity index is 2.51. The third kappa shape index (κ3) is 3.78. The van der Waals surface area contributed by atoms with E-state index in [1.165, 1.54) is 32.8 Å². The van der Waals surface area contributed by atoms with Crippen LogP contribution in [0.25, 0.3) is 0 Å². The molecular weight excluding hydrogens is 202 g/mol. The van der Waals surface area contributed by atoms with Crippen LogP contribution in [0.5, 0.6) is 0 Å². The molecule has 3 heteroatoms. The summed E-state index contributed by atoms with van der Waals surface area (Å²) in [4.78, 5) is 11.1. The van der Waals surface area contributed by atoms with Crippen LogP contribution in [0.4, 0.5) is 0 Å². The average Bonchev–Trinajstić information content (AvgIpc) is 2.25. The Bertz CT molecular complexity index is 233. The van der Waals surface area contributed by atoms with E-state index in [9.17, 15) is 4.79 Å². The van der Waals surface area contributed by atoms with Crippen molar-refractivity contribution < 1.29 is 9.53 Å². The predicted octanol–water partition coefficient (Wildman–Crippen LogP) is 2.35. The van der Waals surface area contributed by atoms with Gasteiger partial charge in [-0.05, 0) is 24.2 Å². The first-order chi connectivity index (χ1) is 7.45. The minimum absolute atomic E-state index is 0.168. The van der Waals surface area contributed by atoms with Crippen LogP contribution in [0.3, 0.4) is 0 Å². The van der Waals surface area contributed by atoms with Crippen molar-refractivity contribution in [1.82, 2.24) is 5.32 Å². The number of esters is 1. The Morgan fingerprint density at radius 2 is 1.94 bits per heavy atom. The van der Waals surface area contributed by atoms with E-state index in [4.69, 9.17) is 0 Å². The summed E-state index contributed by atoms with van der Waals surface area (Å²) >= 11 is 0. The highest BCUT2D eigenvalue weighted by Crippen LogP contribution is 2.37. The van der Waals surface area contributed by atoms with E-state index in [-0.39, 0.29) is 5.97 Å². The molecule has 1 aliphatic rings. The molecule has 0 saturated heterocycles. The van der Waals surface area contributed by atoms with Gasteiger partial charge in [-0.1, -0.05) is 33.6 Å². The molecule has 3 nitrogen and oxygen atoms in total. The summed E-state index contributed by atoms with van der Waals surface area (Å²) in [5.74, 6) is 0.490. The highest BCUT2D eigenvalue weighted by atomic mass is 16.5. The molecule has 0 amide bonds. The van der Waals surface area contributed by atoms with Crippen LogP contribution in [-0.2, 0) is 9.53 Å². The fourth-order valence-corrected chi connectivity index (χ4v) is 2.70. The average molecular weight is 227 g/mol. The minimum atomic E-state index is -0.168. The van der Waals surface area contributed by atoms with E-state index in [0.29, 0.717) is 23.9 Å². The van der Waals surface area contributed by atoms with Crippen LogP contribution in [0.2, 0.25) is 0 Å². The summed E-state index contributed by atoms with van der Waals surface area (Å²) in [6.45, 7) is 7.20. The number of hydrogen-bond donors (Lipinski definition) is 1. The first kappa shape index (κ1) is 13.5. The number of methoxy groups -OCH3 is 1. The quantitative estimate of drug-likeness (QED) is 0.752. The monoisotopic (exact) mass is 227 g/mol. The number of rotatable bonds is 3. The molecule has 1 saturated carbocycles. The van der Waals surface area contributed by atoms with Gasteiger partial charge >= 0.3 is 5.97 Å². The normalized spacial score (nSPS) is 26.5. The van der Waals surface area contributed by atoms with E-state index in [1.807, 2.05) is 0 Å². The maximum Gasteiger partial charge on any atom is 0.319 e. The van der Waals surface area contributed by atoms with Crippen molar-refractivity contribution in [3.05, 3.63) is 0 Å². The Morgan fingerprint density at radius 1 is 1.31 bits per heavy atom. The van der Waals surface area contributed by atoms with Crippen LogP contribution in [0.1, 0.15) is 46.5 Å². The summed E-state index contributed by atoms with van der Waals surface area (Å²) in [6.07, 6.45) is 5.03. The van der Waals surface area contributed by atoms with Gasteiger partial charge in [0.15, 0.2) is 0 Å². The lowest BCUT2D eigenvalue weighted by molar-refractivity contribution is -0.139. The number of hydrogen-bond acceptors (Lipinski definition) is 3. The Hall–Kier alpha value is -0.570. The van der Waals surface area contributed by atoms with Gasteiger partial charge in [-0.3, -0.25) is 4.79 Å². The molecule has 0 bridgehead atoms. The molecule has 0 radical (unpaired) electrons. The predicted molar refractivity (Wildman–Crippen MR) is 65.2 cm³/mol. The highest BCUT2D eigenvalue weighted by molar-refractivity contribution is 5.71. The Labute approximate surface area is 98.9 Å². The molecule has 0 aliphatic heterocycles. The second-order valence-electron chi connectivity index (χ2n) is 5.82. The zero-order chi connectivity index (χ0) is 12.2. The molecule has 2 unspecified atom stereocenters. The second kappa shape index (κ2) is 5.67. The zero-order valence-electron chi connectivity index (χ0n) is 11.0. The molecule has 1 N–H and O–H groups in total. The number of carbonyl (C=O) groups is 1. The van der Waals surface area contributed by atoms with Crippen molar-refractivity contribution in [2.45, 2.75) is 52.5 Å². The Kier molecular flexibility index (Phi) is 4.78. The van der Waals surface area contributed by atoms with Crippen LogP contribution in [0, 0.1) is 11.3 Å². The van der Waals surface area contributed by atoms with Gasteiger partial charge in [0, 0.05) is 6.04 Å². The van der Waals surface area contributed by atoms with E-state index in [2.05, 4.69) is 30.8 Å². The number of ether oxygens (including phenoxy) is 1. The van der Waals surface area contributed by atoms with Crippen molar-refractivity contribution in [2.75, 3.05) is 13.7 Å². The summed E-state index contributed by atoms with van der Waals surface area (Å²) in [6, 6.07) is 0.466. The third-order valence-corrected chi connectivity index (χ3v) is 3.61. The van der Waals surface area contributed by atoms with E-state index in [0.717, 1.165) is 0 Å². The van der Waals surface area contributed by atoms with Gasteiger partial charge in [-0.2, -0.15) is 0 Å². The van der Waals surface area contributed by atoms with Crippen molar-refractivity contribution in [3.8, 4) is 0 Å². The molecule has 0 aromatic heterocycles. The van der Waals surface area contributed by atoms with Gasteiger partial charge in [0.25, 0.3) is 0 Å². The van der Waals surface area contributed by atoms with Crippen LogP contribution >= 0.6 is 0 Å². The molecular formula is C13H25NO2. The van der Waals surface area contributed by atoms with Gasteiger partial charge in [-0.25, -0.2) is 0 Å². The topological polar surface area (TPSA) is 38.3 Å². The Morgan fingerprint density at radius 3 is 2.50 bits per heavy atom. The first-order valence-electron chi connectivity index (χ1n) is 6.25. The molecule has 0 spiro atoms.